The van der Waals surface area contributed by atoms with Gasteiger partial charge in [0.2, 0.25) is 0 Å². The summed E-state index contributed by atoms with van der Waals surface area (Å²) >= 11 is 2.93. The highest BCUT2D eigenvalue weighted by molar-refractivity contribution is 9.10. The number of halogens is 1. The summed E-state index contributed by atoms with van der Waals surface area (Å²) in [6, 6.07) is 2.29. The van der Waals surface area contributed by atoms with Crippen LogP contribution in [0.1, 0.15) is 20.7 Å². The van der Waals surface area contributed by atoms with Crippen LogP contribution in [-0.4, -0.2) is 24.3 Å². The van der Waals surface area contributed by atoms with Gasteiger partial charge >= 0.3 is 5.97 Å². The minimum atomic E-state index is -0.751. The lowest BCUT2D eigenvalue weighted by molar-refractivity contribution is -0.385. The first kappa shape index (κ1) is 12.3. The van der Waals surface area contributed by atoms with E-state index in [-0.39, 0.29) is 21.3 Å². The van der Waals surface area contributed by atoms with Gasteiger partial charge in [0.1, 0.15) is 10.8 Å². The maximum atomic E-state index is 11.3. The number of esters is 1. The predicted octanol–water partition coefficient (Wildman–Crippen LogP) is 1.96. The van der Waals surface area contributed by atoms with Gasteiger partial charge in [0.15, 0.2) is 0 Å². The molecule has 0 heterocycles. The van der Waals surface area contributed by atoms with E-state index in [0.717, 1.165) is 13.2 Å². The van der Waals surface area contributed by atoms with E-state index in [1.807, 2.05) is 0 Å². The number of nitro groups is 1. The minimum Gasteiger partial charge on any atom is -0.465 e. The topological polar surface area (TPSA) is 86.5 Å². The van der Waals surface area contributed by atoms with E-state index >= 15 is 0 Å². The molecule has 16 heavy (non-hydrogen) atoms. The van der Waals surface area contributed by atoms with Gasteiger partial charge in [-0.3, -0.25) is 14.9 Å². The molecule has 0 aliphatic rings. The smallest absolute Gasteiger partial charge is 0.339 e. The van der Waals surface area contributed by atoms with Crippen molar-refractivity contribution in [3.05, 3.63) is 37.8 Å². The van der Waals surface area contributed by atoms with Gasteiger partial charge < -0.3 is 4.74 Å². The van der Waals surface area contributed by atoms with Gasteiger partial charge in [-0.1, -0.05) is 0 Å². The number of benzene rings is 1. The zero-order chi connectivity index (χ0) is 12.3. The molecule has 7 heteroatoms. The Morgan fingerprint density at radius 1 is 1.56 bits per heavy atom. The van der Waals surface area contributed by atoms with Crippen LogP contribution in [0.4, 0.5) is 5.69 Å². The van der Waals surface area contributed by atoms with Gasteiger partial charge in [-0.25, -0.2) is 4.79 Å². The molecule has 0 atom stereocenters. The van der Waals surface area contributed by atoms with Crippen molar-refractivity contribution in [3.8, 4) is 0 Å². The molecule has 0 saturated heterocycles. The molecular weight excluding hydrogens is 282 g/mol. The standard InChI is InChI=1S/C9H6BrNO5/c1-16-9(13)6-2-5(4-12)3-7(8(6)10)11(14)15/h2-4H,1H3. The molecule has 0 aromatic heterocycles. The fourth-order valence-corrected chi connectivity index (χ4v) is 1.63. The Labute approximate surface area is 98.5 Å². The number of ether oxygens (including phenoxy) is 1. The number of hydrogen-bond acceptors (Lipinski definition) is 5. The average molecular weight is 288 g/mol. The predicted molar refractivity (Wildman–Crippen MR) is 57.5 cm³/mol. The van der Waals surface area contributed by atoms with Crippen molar-refractivity contribution >= 4 is 33.9 Å². The first-order valence-electron chi connectivity index (χ1n) is 4.02. The van der Waals surface area contributed by atoms with Crippen molar-refractivity contribution in [2.45, 2.75) is 0 Å². The Hall–Kier alpha value is -1.76. The minimum absolute atomic E-state index is 0.00468. The van der Waals surface area contributed by atoms with Gasteiger partial charge in [-0.2, -0.15) is 0 Å². The van der Waals surface area contributed by atoms with E-state index < -0.39 is 10.9 Å². The molecule has 0 fully saturated rings. The molecule has 0 unspecified atom stereocenters. The number of nitrogens with zero attached hydrogens (tertiary/aromatic N) is 1. The first-order valence-corrected chi connectivity index (χ1v) is 4.82. The Morgan fingerprint density at radius 3 is 2.62 bits per heavy atom. The normalized spacial score (nSPS) is 9.62. The van der Waals surface area contributed by atoms with Crippen LogP contribution < -0.4 is 0 Å². The molecule has 1 aromatic carbocycles. The highest BCUT2D eigenvalue weighted by Gasteiger charge is 2.21. The zero-order valence-electron chi connectivity index (χ0n) is 8.10. The summed E-state index contributed by atoms with van der Waals surface area (Å²) in [6.45, 7) is 0. The van der Waals surface area contributed by atoms with Crippen LogP contribution in [0.15, 0.2) is 16.6 Å². The van der Waals surface area contributed by atoms with Crippen molar-refractivity contribution in [2.24, 2.45) is 0 Å². The van der Waals surface area contributed by atoms with Crippen molar-refractivity contribution in [1.82, 2.24) is 0 Å². The first-order chi connectivity index (χ1) is 7.51. The monoisotopic (exact) mass is 287 g/mol. The van der Waals surface area contributed by atoms with Crippen LogP contribution in [0.25, 0.3) is 0 Å². The third-order valence-electron chi connectivity index (χ3n) is 1.81. The average Bonchev–Trinajstić information content (AvgIpc) is 2.28. The molecule has 0 aliphatic heterocycles. The van der Waals surface area contributed by atoms with Crippen LogP contribution >= 0.6 is 15.9 Å². The van der Waals surface area contributed by atoms with E-state index in [9.17, 15) is 19.7 Å². The second-order valence-electron chi connectivity index (χ2n) is 2.77. The molecule has 0 radical (unpaired) electrons. The van der Waals surface area contributed by atoms with E-state index in [2.05, 4.69) is 20.7 Å². The largest absolute Gasteiger partial charge is 0.465 e. The molecule has 0 saturated carbocycles. The molecule has 0 aliphatic carbocycles. The molecule has 1 aromatic rings. The summed E-state index contributed by atoms with van der Waals surface area (Å²) in [5.41, 5.74) is -0.376. The highest BCUT2D eigenvalue weighted by atomic mass is 79.9. The number of aldehydes is 1. The molecule has 0 spiro atoms. The van der Waals surface area contributed by atoms with Crippen molar-refractivity contribution in [2.75, 3.05) is 7.11 Å². The number of carbonyl (C=O) groups excluding carboxylic acids is 2. The van der Waals surface area contributed by atoms with E-state index in [1.54, 1.807) is 0 Å². The van der Waals surface area contributed by atoms with Crippen molar-refractivity contribution in [1.29, 1.82) is 0 Å². The van der Waals surface area contributed by atoms with Crippen LogP contribution in [0.2, 0.25) is 0 Å². The quantitative estimate of drug-likeness (QED) is 0.367. The highest BCUT2D eigenvalue weighted by Crippen LogP contribution is 2.30. The summed E-state index contributed by atoms with van der Waals surface area (Å²) in [4.78, 5) is 31.8. The van der Waals surface area contributed by atoms with Gasteiger partial charge in [0, 0.05) is 11.6 Å². The van der Waals surface area contributed by atoms with Crippen LogP contribution in [-0.2, 0) is 4.74 Å². The molecule has 0 amide bonds. The molecule has 0 bridgehead atoms. The van der Waals surface area contributed by atoms with Gasteiger partial charge in [-0.05, 0) is 22.0 Å². The summed E-state index contributed by atoms with van der Waals surface area (Å²) in [7, 11) is 1.15. The Morgan fingerprint density at radius 2 is 2.19 bits per heavy atom. The third-order valence-corrected chi connectivity index (χ3v) is 2.65. The second-order valence-corrected chi connectivity index (χ2v) is 3.56. The fraction of sp³-hybridized carbons (Fsp3) is 0.111. The second kappa shape index (κ2) is 4.84. The Balaban J connectivity index is 3.48. The number of hydrogen-bond donors (Lipinski definition) is 0. The number of methoxy groups -OCH3 is 1. The van der Waals surface area contributed by atoms with Crippen LogP contribution in [0.3, 0.4) is 0 Å². The SMILES string of the molecule is COC(=O)c1cc(C=O)cc([N+](=O)[O-])c1Br. The maximum Gasteiger partial charge on any atom is 0.339 e. The lowest BCUT2D eigenvalue weighted by Gasteiger charge is -2.04. The summed E-state index contributed by atoms with van der Waals surface area (Å²) < 4.78 is 4.44. The zero-order valence-corrected chi connectivity index (χ0v) is 9.68. The number of rotatable bonds is 3. The van der Waals surface area contributed by atoms with Crippen LogP contribution in [0.5, 0.6) is 0 Å². The van der Waals surface area contributed by atoms with Crippen LogP contribution in [0, 0.1) is 10.1 Å². The maximum absolute atomic E-state index is 11.3. The van der Waals surface area contributed by atoms with Crippen molar-refractivity contribution in [3.63, 3.8) is 0 Å². The molecule has 0 N–H and O–H groups in total. The third kappa shape index (κ3) is 2.25. The number of nitro benzene ring substituents is 1. The van der Waals surface area contributed by atoms with Gasteiger partial charge in [0.25, 0.3) is 5.69 Å². The molecule has 1 rings (SSSR count). The van der Waals surface area contributed by atoms with E-state index in [1.165, 1.54) is 6.07 Å². The van der Waals surface area contributed by atoms with Gasteiger partial charge in [0.05, 0.1) is 17.6 Å². The van der Waals surface area contributed by atoms with Gasteiger partial charge in [-0.15, -0.1) is 0 Å². The Kier molecular flexibility index (Phi) is 3.73. The fourth-order valence-electron chi connectivity index (χ4n) is 1.09. The number of carbonyl (C=O) groups is 2. The molecule has 84 valence electrons. The van der Waals surface area contributed by atoms with E-state index in [4.69, 9.17) is 0 Å². The summed E-state index contributed by atoms with van der Waals surface area (Å²) in [5.74, 6) is -0.751. The van der Waals surface area contributed by atoms with Crippen molar-refractivity contribution < 1.29 is 19.2 Å². The molecular formula is C9H6BrNO5. The van der Waals surface area contributed by atoms with E-state index in [0.29, 0.717) is 6.29 Å². The summed E-state index contributed by atoms with van der Waals surface area (Å²) in [6.07, 6.45) is 0.423. The Bertz CT molecular complexity index is 471. The molecule has 6 nitrogen and oxygen atoms in total. The summed E-state index contributed by atoms with van der Waals surface area (Å²) in [5, 5.41) is 10.7. The lowest BCUT2D eigenvalue weighted by atomic mass is 10.1. The lowest BCUT2D eigenvalue weighted by Crippen LogP contribution is -2.05.